The highest BCUT2D eigenvalue weighted by molar-refractivity contribution is 6.30. The number of carbonyl (C=O) groups is 2. The van der Waals surface area contributed by atoms with Crippen molar-refractivity contribution in [3.8, 4) is 5.75 Å². The SMILES string of the molecule is CCCCc1ccc(CN(CC(=O)O)C(=O)c2ccc3c(c2)CCC(C)(Cc2ccc(Cl)cc2)O3)cc1. The van der Waals surface area contributed by atoms with Crippen molar-refractivity contribution >= 4 is 23.5 Å². The van der Waals surface area contributed by atoms with Gasteiger partial charge in [-0.1, -0.05) is 61.3 Å². The fraction of sp³-hybridized carbons (Fsp3) is 0.355. The smallest absolute Gasteiger partial charge is 0.323 e. The van der Waals surface area contributed by atoms with Gasteiger partial charge in [0.1, 0.15) is 17.9 Å². The van der Waals surface area contributed by atoms with Crippen molar-refractivity contribution in [2.24, 2.45) is 0 Å². The topological polar surface area (TPSA) is 66.8 Å². The number of hydrogen-bond acceptors (Lipinski definition) is 3. The molecule has 4 rings (SSSR count). The Balaban J connectivity index is 1.47. The third-order valence-electron chi connectivity index (χ3n) is 6.91. The second-order valence-corrected chi connectivity index (χ2v) is 10.6. The fourth-order valence-electron chi connectivity index (χ4n) is 4.84. The molecule has 1 aliphatic heterocycles. The first-order valence-electron chi connectivity index (χ1n) is 12.9. The molecule has 1 N–H and O–H groups in total. The Morgan fingerprint density at radius 1 is 1.00 bits per heavy atom. The molecule has 6 heteroatoms. The third-order valence-corrected chi connectivity index (χ3v) is 7.16. The minimum atomic E-state index is -1.04. The van der Waals surface area contributed by atoms with E-state index >= 15 is 0 Å². The molecule has 1 atom stereocenters. The quantitative estimate of drug-likeness (QED) is 0.322. The van der Waals surface area contributed by atoms with Crippen LogP contribution < -0.4 is 4.74 Å². The number of rotatable bonds is 10. The predicted molar refractivity (Wildman–Crippen MR) is 146 cm³/mol. The normalized spacial score (nSPS) is 16.5. The summed E-state index contributed by atoms with van der Waals surface area (Å²) in [4.78, 5) is 26.3. The molecular weight excluding hydrogens is 486 g/mol. The van der Waals surface area contributed by atoms with Gasteiger partial charge in [0.2, 0.25) is 0 Å². The highest BCUT2D eigenvalue weighted by atomic mass is 35.5. The summed E-state index contributed by atoms with van der Waals surface area (Å²) in [6, 6.07) is 21.3. The van der Waals surface area contributed by atoms with Crippen LogP contribution in [0.5, 0.6) is 5.75 Å². The average Bonchev–Trinajstić information content (AvgIpc) is 2.88. The summed E-state index contributed by atoms with van der Waals surface area (Å²) >= 11 is 6.02. The lowest BCUT2D eigenvalue weighted by Gasteiger charge is -2.36. The van der Waals surface area contributed by atoms with E-state index in [2.05, 4.69) is 26.0 Å². The van der Waals surface area contributed by atoms with E-state index in [4.69, 9.17) is 16.3 Å². The van der Waals surface area contributed by atoms with E-state index in [1.165, 1.54) is 10.5 Å². The minimum Gasteiger partial charge on any atom is -0.487 e. The first-order chi connectivity index (χ1) is 17.7. The Morgan fingerprint density at radius 2 is 1.68 bits per heavy atom. The number of nitrogens with zero attached hydrogens (tertiary/aromatic N) is 1. The van der Waals surface area contributed by atoms with Crippen LogP contribution >= 0.6 is 11.6 Å². The largest absolute Gasteiger partial charge is 0.487 e. The molecule has 1 heterocycles. The van der Waals surface area contributed by atoms with Crippen LogP contribution in [-0.2, 0) is 30.6 Å². The van der Waals surface area contributed by atoms with E-state index in [-0.39, 0.29) is 24.6 Å². The van der Waals surface area contributed by atoms with Gasteiger partial charge in [0.15, 0.2) is 0 Å². The number of halogens is 1. The summed E-state index contributed by atoms with van der Waals surface area (Å²) in [6.07, 6.45) is 5.63. The molecule has 1 amide bonds. The van der Waals surface area contributed by atoms with Crippen molar-refractivity contribution in [1.82, 2.24) is 4.90 Å². The van der Waals surface area contributed by atoms with Crippen molar-refractivity contribution in [3.05, 3.63) is 99.6 Å². The van der Waals surface area contributed by atoms with Gasteiger partial charge >= 0.3 is 5.97 Å². The summed E-state index contributed by atoms with van der Waals surface area (Å²) in [7, 11) is 0. The molecule has 0 bridgehead atoms. The minimum absolute atomic E-state index is 0.242. The van der Waals surface area contributed by atoms with Crippen molar-refractivity contribution in [3.63, 3.8) is 0 Å². The van der Waals surface area contributed by atoms with Gasteiger partial charge in [-0.2, -0.15) is 0 Å². The van der Waals surface area contributed by atoms with Gasteiger partial charge in [-0.3, -0.25) is 9.59 Å². The molecule has 0 spiro atoms. The summed E-state index contributed by atoms with van der Waals surface area (Å²) < 4.78 is 6.40. The van der Waals surface area contributed by atoms with Gasteiger partial charge in [0, 0.05) is 23.6 Å². The van der Waals surface area contributed by atoms with E-state index in [0.29, 0.717) is 10.6 Å². The zero-order chi connectivity index (χ0) is 26.4. The molecule has 5 nitrogen and oxygen atoms in total. The van der Waals surface area contributed by atoms with Gasteiger partial charge in [0.05, 0.1) is 0 Å². The summed E-state index contributed by atoms with van der Waals surface area (Å²) in [5.41, 5.74) is 4.41. The Bertz CT molecular complexity index is 1240. The van der Waals surface area contributed by atoms with Crippen molar-refractivity contribution in [2.75, 3.05) is 6.54 Å². The number of aryl methyl sites for hydroxylation is 2. The van der Waals surface area contributed by atoms with Crippen molar-refractivity contribution < 1.29 is 19.4 Å². The lowest BCUT2D eigenvalue weighted by Crippen LogP contribution is -2.39. The molecular formula is C31H34ClNO4. The molecule has 0 radical (unpaired) electrons. The Hall–Kier alpha value is -3.31. The molecule has 1 unspecified atom stereocenters. The molecule has 0 aromatic heterocycles. The van der Waals surface area contributed by atoms with Crippen LogP contribution in [0.2, 0.25) is 5.02 Å². The van der Waals surface area contributed by atoms with Crippen molar-refractivity contribution in [1.29, 1.82) is 0 Å². The molecule has 0 saturated carbocycles. The van der Waals surface area contributed by atoms with E-state index in [0.717, 1.165) is 61.0 Å². The Morgan fingerprint density at radius 3 is 2.35 bits per heavy atom. The van der Waals surface area contributed by atoms with Crippen molar-refractivity contribution in [2.45, 2.75) is 64.5 Å². The number of aliphatic carboxylic acids is 1. The predicted octanol–water partition coefficient (Wildman–Crippen LogP) is 6.74. The van der Waals surface area contributed by atoms with Crippen LogP contribution in [0.25, 0.3) is 0 Å². The average molecular weight is 520 g/mol. The maximum Gasteiger partial charge on any atom is 0.323 e. The number of carboxylic acid groups (broad SMARTS) is 1. The molecule has 0 aliphatic carbocycles. The maximum absolute atomic E-state index is 13.4. The second kappa shape index (κ2) is 11.8. The summed E-state index contributed by atoms with van der Waals surface area (Å²) in [5.74, 6) is -0.561. The van der Waals surface area contributed by atoms with E-state index in [1.807, 2.05) is 48.5 Å². The van der Waals surface area contributed by atoms with Crippen LogP contribution in [0.4, 0.5) is 0 Å². The van der Waals surface area contributed by atoms with E-state index in [1.54, 1.807) is 6.07 Å². The second-order valence-electron chi connectivity index (χ2n) is 10.2. The number of carboxylic acids is 1. The summed E-state index contributed by atoms with van der Waals surface area (Å²) in [5, 5.41) is 10.2. The highest BCUT2D eigenvalue weighted by Gasteiger charge is 2.32. The number of benzene rings is 3. The van der Waals surface area contributed by atoms with Crippen LogP contribution in [0.1, 0.15) is 65.7 Å². The van der Waals surface area contributed by atoms with E-state index in [9.17, 15) is 14.7 Å². The molecule has 3 aromatic carbocycles. The number of ether oxygens (including phenoxy) is 1. The lowest BCUT2D eigenvalue weighted by molar-refractivity contribution is -0.137. The van der Waals surface area contributed by atoms with Gasteiger partial charge in [0.25, 0.3) is 5.91 Å². The van der Waals surface area contributed by atoms with Gasteiger partial charge in [-0.15, -0.1) is 0 Å². The van der Waals surface area contributed by atoms with Crippen LogP contribution in [-0.4, -0.2) is 34.0 Å². The van der Waals surface area contributed by atoms with Gasteiger partial charge in [-0.25, -0.2) is 0 Å². The highest BCUT2D eigenvalue weighted by Crippen LogP contribution is 2.36. The number of unbranched alkanes of at least 4 members (excludes halogenated alkanes) is 1. The van der Waals surface area contributed by atoms with E-state index < -0.39 is 5.97 Å². The van der Waals surface area contributed by atoms with Gasteiger partial charge < -0.3 is 14.7 Å². The molecule has 0 fully saturated rings. The zero-order valence-electron chi connectivity index (χ0n) is 21.5. The first-order valence-corrected chi connectivity index (χ1v) is 13.3. The zero-order valence-corrected chi connectivity index (χ0v) is 22.3. The van der Waals surface area contributed by atoms with Crippen LogP contribution in [0, 0.1) is 0 Å². The number of carbonyl (C=O) groups excluding carboxylic acids is 1. The molecule has 194 valence electrons. The molecule has 1 aliphatic rings. The number of hydrogen-bond donors (Lipinski definition) is 1. The molecule has 37 heavy (non-hydrogen) atoms. The van der Waals surface area contributed by atoms with Crippen LogP contribution in [0.15, 0.2) is 66.7 Å². The monoisotopic (exact) mass is 519 g/mol. The third kappa shape index (κ3) is 7.14. The number of amides is 1. The maximum atomic E-state index is 13.4. The Kier molecular flexibility index (Phi) is 8.55. The first kappa shape index (κ1) is 26.7. The Labute approximate surface area is 224 Å². The van der Waals surface area contributed by atoms with Crippen LogP contribution in [0.3, 0.4) is 0 Å². The molecule has 3 aromatic rings. The number of fused-ring (bicyclic) bond motifs is 1. The molecule has 0 saturated heterocycles. The fourth-order valence-corrected chi connectivity index (χ4v) is 4.97. The summed E-state index contributed by atoms with van der Waals surface area (Å²) in [6.45, 7) is 4.15. The van der Waals surface area contributed by atoms with Gasteiger partial charge in [-0.05, 0) is 85.2 Å². The standard InChI is InChI=1S/C31H34ClNO4/c1-3-4-5-22-6-8-24(9-7-22)20-33(21-29(34)35)30(36)26-12-15-28-25(18-26)16-17-31(2,37-28)19-23-10-13-27(32)14-11-23/h6-15,18H,3-5,16-17,19-21H2,1-2H3,(H,34,35). The lowest BCUT2D eigenvalue weighted by atomic mass is 9.87.